The first-order valence-corrected chi connectivity index (χ1v) is 10.6. The number of hydrogen-bond acceptors (Lipinski definition) is 5. The Labute approximate surface area is 179 Å². The third-order valence-electron chi connectivity index (χ3n) is 4.91. The standard InChI is InChI=1S/C23H22N4O2S/c1-26(21(17-10-5-3-6-11-17)18-12-7-4-8-13-18)20(28)16-30-23-25-24-22(27(23)2)19-14-9-15-29-19/h3-15,21H,16H2,1-2H3. The SMILES string of the molecule is CN(C(=O)CSc1nnc(-c2ccco2)n1C)C(c1ccccc1)c1ccccc1. The molecule has 152 valence electrons. The number of carbonyl (C=O) groups is 1. The first-order chi connectivity index (χ1) is 14.6. The molecule has 7 heteroatoms. The zero-order valence-corrected chi connectivity index (χ0v) is 17.6. The second-order valence-corrected chi connectivity index (χ2v) is 7.80. The van der Waals surface area contributed by atoms with Crippen molar-refractivity contribution in [3.63, 3.8) is 0 Å². The summed E-state index contributed by atoms with van der Waals surface area (Å²) in [5.74, 6) is 1.56. The number of furan rings is 1. The van der Waals surface area contributed by atoms with Crippen LogP contribution in [0.3, 0.4) is 0 Å². The van der Waals surface area contributed by atoms with Gasteiger partial charge in [-0.25, -0.2) is 0 Å². The summed E-state index contributed by atoms with van der Waals surface area (Å²) >= 11 is 1.37. The Bertz CT molecular complexity index is 1060. The van der Waals surface area contributed by atoms with Crippen molar-refractivity contribution in [2.24, 2.45) is 7.05 Å². The van der Waals surface area contributed by atoms with E-state index in [1.807, 2.05) is 91.5 Å². The monoisotopic (exact) mass is 418 g/mol. The lowest BCUT2D eigenvalue weighted by Crippen LogP contribution is -2.33. The molecule has 0 radical (unpaired) electrons. The molecule has 2 aromatic heterocycles. The first-order valence-electron chi connectivity index (χ1n) is 9.57. The van der Waals surface area contributed by atoms with E-state index in [1.54, 1.807) is 11.2 Å². The Morgan fingerprint density at radius 1 is 1.00 bits per heavy atom. The van der Waals surface area contributed by atoms with E-state index >= 15 is 0 Å². The highest BCUT2D eigenvalue weighted by atomic mass is 32.2. The van der Waals surface area contributed by atoms with Crippen molar-refractivity contribution in [1.29, 1.82) is 0 Å². The molecule has 0 unspecified atom stereocenters. The third kappa shape index (κ3) is 4.16. The van der Waals surface area contributed by atoms with Crippen molar-refractivity contribution in [2.45, 2.75) is 11.2 Å². The van der Waals surface area contributed by atoms with E-state index < -0.39 is 0 Å². The summed E-state index contributed by atoms with van der Waals surface area (Å²) in [5, 5.41) is 9.06. The van der Waals surface area contributed by atoms with Crippen LogP contribution in [0.2, 0.25) is 0 Å². The molecule has 0 N–H and O–H groups in total. The lowest BCUT2D eigenvalue weighted by molar-refractivity contribution is -0.128. The molecule has 6 nitrogen and oxygen atoms in total. The smallest absolute Gasteiger partial charge is 0.233 e. The van der Waals surface area contributed by atoms with Crippen molar-refractivity contribution in [3.05, 3.63) is 90.2 Å². The van der Waals surface area contributed by atoms with Crippen molar-refractivity contribution in [3.8, 4) is 11.6 Å². The van der Waals surface area contributed by atoms with Gasteiger partial charge in [0, 0.05) is 14.1 Å². The number of rotatable bonds is 7. The number of nitrogens with zero attached hydrogens (tertiary/aromatic N) is 4. The highest BCUT2D eigenvalue weighted by molar-refractivity contribution is 7.99. The van der Waals surface area contributed by atoms with Crippen LogP contribution >= 0.6 is 11.8 Å². The normalized spacial score (nSPS) is 11.0. The van der Waals surface area contributed by atoms with Gasteiger partial charge in [0.2, 0.25) is 5.91 Å². The van der Waals surface area contributed by atoms with Crippen LogP contribution in [0.15, 0.2) is 88.6 Å². The van der Waals surface area contributed by atoms with Gasteiger partial charge >= 0.3 is 0 Å². The van der Waals surface area contributed by atoms with Crippen LogP contribution in [0.5, 0.6) is 0 Å². The fraction of sp³-hybridized carbons (Fsp3) is 0.174. The van der Waals surface area contributed by atoms with Gasteiger partial charge in [0.25, 0.3) is 0 Å². The molecule has 0 aliphatic carbocycles. The van der Waals surface area contributed by atoms with Crippen LogP contribution < -0.4 is 0 Å². The molecule has 2 aromatic carbocycles. The highest BCUT2D eigenvalue weighted by Crippen LogP contribution is 2.29. The maximum absolute atomic E-state index is 13.1. The minimum Gasteiger partial charge on any atom is -0.461 e. The molecule has 0 aliphatic rings. The Balaban J connectivity index is 1.51. The van der Waals surface area contributed by atoms with Crippen molar-refractivity contribution >= 4 is 17.7 Å². The molecule has 4 rings (SSSR count). The lowest BCUT2D eigenvalue weighted by atomic mass is 9.97. The van der Waals surface area contributed by atoms with E-state index in [0.717, 1.165) is 11.1 Å². The molecule has 0 spiro atoms. The minimum absolute atomic E-state index is 0.0141. The number of amides is 1. The van der Waals surface area contributed by atoms with Gasteiger partial charge in [-0.2, -0.15) is 0 Å². The Hall–Kier alpha value is -3.32. The maximum atomic E-state index is 13.1. The molecule has 0 aliphatic heterocycles. The van der Waals surface area contributed by atoms with Crippen LogP contribution in [0.4, 0.5) is 0 Å². The lowest BCUT2D eigenvalue weighted by Gasteiger charge is -2.29. The topological polar surface area (TPSA) is 64.2 Å². The fourth-order valence-corrected chi connectivity index (χ4v) is 4.18. The molecule has 4 aromatic rings. The van der Waals surface area contributed by atoms with E-state index in [1.165, 1.54) is 11.8 Å². The summed E-state index contributed by atoms with van der Waals surface area (Å²) in [6, 6.07) is 23.6. The van der Waals surface area contributed by atoms with E-state index in [-0.39, 0.29) is 17.7 Å². The van der Waals surface area contributed by atoms with E-state index in [4.69, 9.17) is 4.42 Å². The zero-order chi connectivity index (χ0) is 20.9. The molecule has 0 atom stereocenters. The highest BCUT2D eigenvalue weighted by Gasteiger charge is 2.24. The quantitative estimate of drug-likeness (QED) is 0.416. The molecule has 30 heavy (non-hydrogen) atoms. The minimum atomic E-state index is -0.154. The average Bonchev–Trinajstić information content (AvgIpc) is 3.43. The average molecular weight is 419 g/mol. The fourth-order valence-electron chi connectivity index (χ4n) is 3.34. The number of thioether (sulfide) groups is 1. The largest absolute Gasteiger partial charge is 0.461 e. The Morgan fingerprint density at radius 2 is 1.63 bits per heavy atom. The number of hydrogen-bond donors (Lipinski definition) is 0. The predicted molar refractivity (Wildman–Crippen MR) is 117 cm³/mol. The number of carbonyl (C=O) groups excluding carboxylic acids is 1. The molecule has 0 saturated carbocycles. The van der Waals surface area contributed by atoms with E-state index in [9.17, 15) is 4.79 Å². The summed E-state index contributed by atoms with van der Waals surface area (Å²) in [5.41, 5.74) is 2.15. The van der Waals surface area contributed by atoms with Gasteiger partial charge in [-0.15, -0.1) is 10.2 Å². The summed E-state index contributed by atoms with van der Waals surface area (Å²) < 4.78 is 7.24. The second-order valence-electron chi connectivity index (χ2n) is 6.86. The van der Waals surface area contributed by atoms with Crippen LogP contribution in [-0.4, -0.2) is 38.4 Å². The van der Waals surface area contributed by atoms with Crippen LogP contribution in [0.1, 0.15) is 17.2 Å². The Morgan fingerprint density at radius 3 is 2.20 bits per heavy atom. The van der Waals surface area contributed by atoms with Crippen LogP contribution in [0.25, 0.3) is 11.6 Å². The summed E-state index contributed by atoms with van der Waals surface area (Å²) in [7, 11) is 3.71. The third-order valence-corrected chi connectivity index (χ3v) is 5.92. The molecule has 0 fully saturated rings. The summed E-state index contributed by atoms with van der Waals surface area (Å²) in [6.45, 7) is 0. The van der Waals surface area contributed by atoms with Crippen molar-refractivity contribution < 1.29 is 9.21 Å². The van der Waals surface area contributed by atoms with Gasteiger partial charge in [-0.3, -0.25) is 4.79 Å². The predicted octanol–water partition coefficient (Wildman–Crippen LogP) is 4.42. The van der Waals surface area contributed by atoms with Gasteiger partial charge in [-0.05, 0) is 23.3 Å². The van der Waals surface area contributed by atoms with Gasteiger partial charge in [0.05, 0.1) is 18.1 Å². The van der Waals surface area contributed by atoms with Crippen LogP contribution in [0, 0.1) is 0 Å². The van der Waals surface area contributed by atoms with Gasteiger partial charge in [0.15, 0.2) is 16.7 Å². The first kappa shape index (κ1) is 20.0. The molecular weight excluding hydrogens is 396 g/mol. The van der Waals surface area contributed by atoms with E-state index in [0.29, 0.717) is 16.7 Å². The number of benzene rings is 2. The zero-order valence-electron chi connectivity index (χ0n) is 16.8. The summed E-state index contributed by atoms with van der Waals surface area (Å²) in [6.07, 6.45) is 1.60. The van der Waals surface area contributed by atoms with Gasteiger partial charge in [-0.1, -0.05) is 72.4 Å². The van der Waals surface area contributed by atoms with E-state index in [2.05, 4.69) is 10.2 Å². The molecule has 2 heterocycles. The number of aromatic nitrogens is 3. The summed E-state index contributed by atoms with van der Waals surface area (Å²) in [4.78, 5) is 14.9. The molecule has 0 bridgehead atoms. The maximum Gasteiger partial charge on any atom is 0.233 e. The van der Waals surface area contributed by atoms with Crippen molar-refractivity contribution in [2.75, 3.05) is 12.8 Å². The molecule has 1 amide bonds. The van der Waals surface area contributed by atoms with Crippen LogP contribution in [-0.2, 0) is 11.8 Å². The van der Waals surface area contributed by atoms with Crippen molar-refractivity contribution in [1.82, 2.24) is 19.7 Å². The second kappa shape index (κ2) is 9.00. The molecular formula is C23H22N4O2S. The Kier molecular flexibility index (Phi) is 5.99. The van der Waals surface area contributed by atoms with Gasteiger partial charge < -0.3 is 13.9 Å². The van der Waals surface area contributed by atoms with Gasteiger partial charge in [0.1, 0.15) is 0 Å². The molecule has 0 saturated heterocycles.